The second-order valence-corrected chi connectivity index (χ2v) is 6.46. The average molecular weight is 260 g/mol. The summed E-state index contributed by atoms with van der Waals surface area (Å²) in [6.45, 7) is 3.36. The molecule has 0 radical (unpaired) electrons. The van der Waals surface area contributed by atoms with Gasteiger partial charge >= 0.3 is 0 Å². The third kappa shape index (κ3) is 3.55. The van der Waals surface area contributed by atoms with Gasteiger partial charge in [-0.2, -0.15) is 0 Å². The zero-order valence-electron chi connectivity index (χ0n) is 10.3. The Balaban J connectivity index is 2.71. The fraction of sp³-hybridized carbons (Fsp3) is 0.600. The zero-order valence-corrected chi connectivity index (χ0v) is 11.1. The van der Waals surface area contributed by atoms with Crippen molar-refractivity contribution in [2.75, 3.05) is 13.3 Å². The number of carbonyl (C=O) groups is 1. The Kier molecular flexibility index (Phi) is 3.92. The predicted molar refractivity (Wildman–Crippen MR) is 62.0 cm³/mol. The quantitative estimate of drug-likeness (QED) is 0.781. The van der Waals surface area contributed by atoms with Crippen LogP contribution >= 0.6 is 0 Å². The van der Waals surface area contributed by atoms with E-state index < -0.39 is 21.0 Å². The second kappa shape index (κ2) is 4.87. The van der Waals surface area contributed by atoms with E-state index in [0.717, 1.165) is 6.26 Å². The molecule has 1 rings (SSSR count). The largest absolute Gasteiger partial charge is 0.361 e. The van der Waals surface area contributed by atoms with Gasteiger partial charge in [-0.05, 0) is 13.8 Å². The van der Waals surface area contributed by atoms with Crippen LogP contribution in [-0.4, -0.2) is 42.9 Å². The van der Waals surface area contributed by atoms with Crippen LogP contribution in [0.15, 0.2) is 10.6 Å². The average Bonchev–Trinajstić information content (AvgIpc) is 2.60. The molecule has 1 aromatic heterocycles. The standard InChI is InChI=1S/C10H16N2O4S/c1-7-5-9(11-16-7)6-12(3)10(13)8(2)17(4,14)15/h5,8H,6H2,1-4H3/t8-/m1/s1. The van der Waals surface area contributed by atoms with E-state index in [1.165, 1.54) is 18.9 Å². The van der Waals surface area contributed by atoms with Crippen molar-refractivity contribution in [3.63, 3.8) is 0 Å². The lowest BCUT2D eigenvalue weighted by Gasteiger charge is -2.19. The molecule has 0 aromatic carbocycles. The maximum absolute atomic E-state index is 11.8. The first-order valence-corrected chi connectivity index (χ1v) is 7.03. The molecule has 0 saturated heterocycles. The first kappa shape index (κ1) is 13.7. The van der Waals surface area contributed by atoms with Gasteiger partial charge in [-0.25, -0.2) is 8.42 Å². The fourth-order valence-electron chi connectivity index (χ4n) is 1.31. The Morgan fingerprint density at radius 1 is 1.59 bits per heavy atom. The number of sulfone groups is 1. The second-order valence-electron chi connectivity index (χ2n) is 4.09. The van der Waals surface area contributed by atoms with E-state index in [0.29, 0.717) is 11.5 Å². The summed E-state index contributed by atoms with van der Waals surface area (Å²) in [4.78, 5) is 13.1. The summed E-state index contributed by atoms with van der Waals surface area (Å²) < 4.78 is 27.4. The van der Waals surface area contributed by atoms with Crippen molar-refractivity contribution in [1.29, 1.82) is 0 Å². The molecular formula is C10H16N2O4S. The minimum atomic E-state index is -3.37. The van der Waals surface area contributed by atoms with Gasteiger partial charge in [-0.3, -0.25) is 4.79 Å². The van der Waals surface area contributed by atoms with E-state index in [2.05, 4.69) is 5.16 Å². The Bertz CT molecular complexity index is 506. The topological polar surface area (TPSA) is 80.5 Å². The molecule has 0 N–H and O–H groups in total. The molecule has 0 aliphatic rings. The van der Waals surface area contributed by atoms with Gasteiger partial charge in [0.05, 0.1) is 6.54 Å². The number of carbonyl (C=O) groups excluding carboxylic acids is 1. The Morgan fingerprint density at radius 3 is 2.59 bits per heavy atom. The lowest BCUT2D eigenvalue weighted by molar-refractivity contribution is -0.129. The Hall–Kier alpha value is -1.37. The SMILES string of the molecule is Cc1cc(CN(C)C(=O)[C@@H](C)S(C)(=O)=O)no1. The van der Waals surface area contributed by atoms with E-state index >= 15 is 0 Å². The number of aryl methyl sites for hydroxylation is 1. The van der Waals surface area contributed by atoms with Crippen molar-refractivity contribution in [1.82, 2.24) is 10.1 Å². The molecule has 0 saturated carbocycles. The van der Waals surface area contributed by atoms with Gasteiger partial charge in [0.1, 0.15) is 16.7 Å². The van der Waals surface area contributed by atoms with Crippen molar-refractivity contribution in [3.05, 3.63) is 17.5 Å². The van der Waals surface area contributed by atoms with Crippen LogP contribution in [0, 0.1) is 6.92 Å². The molecule has 1 heterocycles. The monoisotopic (exact) mass is 260 g/mol. The molecule has 0 bridgehead atoms. The van der Waals surface area contributed by atoms with E-state index in [1.54, 1.807) is 13.0 Å². The smallest absolute Gasteiger partial charge is 0.240 e. The number of hydrogen-bond acceptors (Lipinski definition) is 5. The summed E-state index contributed by atoms with van der Waals surface area (Å²) in [5.41, 5.74) is 0.596. The predicted octanol–water partition coefficient (Wildman–Crippen LogP) is 0.375. The molecule has 6 nitrogen and oxygen atoms in total. The van der Waals surface area contributed by atoms with E-state index in [-0.39, 0.29) is 6.54 Å². The van der Waals surface area contributed by atoms with Crippen LogP contribution in [0.2, 0.25) is 0 Å². The third-order valence-electron chi connectivity index (χ3n) is 2.44. The first-order valence-electron chi connectivity index (χ1n) is 5.08. The highest BCUT2D eigenvalue weighted by molar-refractivity contribution is 7.92. The van der Waals surface area contributed by atoms with E-state index in [1.807, 2.05) is 0 Å². The number of nitrogens with zero attached hydrogens (tertiary/aromatic N) is 2. The molecule has 0 spiro atoms. The molecule has 7 heteroatoms. The van der Waals surface area contributed by atoms with Gasteiger partial charge in [-0.1, -0.05) is 5.16 Å². The van der Waals surface area contributed by atoms with Crippen molar-refractivity contribution in [3.8, 4) is 0 Å². The summed E-state index contributed by atoms with van der Waals surface area (Å²) >= 11 is 0. The summed E-state index contributed by atoms with van der Waals surface area (Å²) in [7, 11) is -1.83. The zero-order chi connectivity index (χ0) is 13.2. The van der Waals surface area contributed by atoms with Gasteiger partial charge in [0.2, 0.25) is 5.91 Å². The maximum atomic E-state index is 11.8. The molecule has 0 aliphatic heterocycles. The highest BCUT2D eigenvalue weighted by atomic mass is 32.2. The lowest BCUT2D eigenvalue weighted by Crippen LogP contribution is -2.38. The number of aromatic nitrogens is 1. The molecular weight excluding hydrogens is 244 g/mol. The molecule has 96 valence electrons. The van der Waals surface area contributed by atoms with Crippen molar-refractivity contribution in [2.24, 2.45) is 0 Å². The van der Waals surface area contributed by atoms with E-state index in [9.17, 15) is 13.2 Å². The van der Waals surface area contributed by atoms with Crippen LogP contribution in [0.25, 0.3) is 0 Å². The van der Waals surface area contributed by atoms with Crippen LogP contribution in [-0.2, 0) is 21.2 Å². The Labute approximate surface area is 100 Å². The van der Waals surface area contributed by atoms with Crippen LogP contribution in [0.4, 0.5) is 0 Å². The maximum Gasteiger partial charge on any atom is 0.240 e. The molecule has 0 fully saturated rings. The minimum absolute atomic E-state index is 0.232. The van der Waals surface area contributed by atoms with Crippen LogP contribution in [0.3, 0.4) is 0 Å². The van der Waals surface area contributed by atoms with Gasteiger partial charge in [0.15, 0.2) is 9.84 Å². The van der Waals surface area contributed by atoms with Gasteiger partial charge in [0, 0.05) is 19.4 Å². The van der Waals surface area contributed by atoms with Gasteiger partial charge < -0.3 is 9.42 Å². The third-order valence-corrected chi connectivity index (χ3v) is 3.93. The summed E-state index contributed by atoms with van der Waals surface area (Å²) in [6.07, 6.45) is 1.05. The highest BCUT2D eigenvalue weighted by Gasteiger charge is 2.26. The number of rotatable bonds is 4. The molecule has 0 unspecified atom stereocenters. The highest BCUT2D eigenvalue weighted by Crippen LogP contribution is 2.08. The van der Waals surface area contributed by atoms with Crippen molar-refractivity contribution >= 4 is 15.7 Å². The van der Waals surface area contributed by atoms with Crippen LogP contribution < -0.4 is 0 Å². The van der Waals surface area contributed by atoms with Crippen molar-refractivity contribution in [2.45, 2.75) is 25.6 Å². The summed E-state index contributed by atoms with van der Waals surface area (Å²) in [5, 5.41) is 2.70. The lowest BCUT2D eigenvalue weighted by atomic mass is 10.3. The van der Waals surface area contributed by atoms with Crippen LogP contribution in [0.5, 0.6) is 0 Å². The minimum Gasteiger partial charge on any atom is -0.361 e. The first-order chi connectivity index (χ1) is 7.71. The molecule has 17 heavy (non-hydrogen) atoms. The van der Waals surface area contributed by atoms with Crippen LogP contribution in [0.1, 0.15) is 18.4 Å². The molecule has 0 aliphatic carbocycles. The van der Waals surface area contributed by atoms with Crippen molar-refractivity contribution < 1.29 is 17.7 Å². The summed E-state index contributed by atoms with van der Waals surface area (Å²) in [5.74, 6) is 0.199. The normalized spacial score (nSPS) is 13.4. The molecule has 1 amide bonds. The van der Waals surface area contributed by atoms with Gasteiger partial charge in [-0.15, -0.1) is 0 Å². The number of amides is 1. The summed E-state index contributed by atoms with van der Waals surface area (Å²) in [6, 6.07) is 1.70. The fourth-order valence-corrected chi connectivity index (χ4v) is 1.85. The number of hydrogen-bond donors (Lipinski definition) is 0. The van der Waals surface area contributed by atoms with Gasteiger partial charge in [0.25, 0.3) is 0 Å². The molecule has 1 aromatic rings. The Morgan fingerprint density at radius 2 is 2.18 bits per heavy atom. The van der Waals surface area contributed by atoms with E-state index in [4.69, 9.17) is 4.52 Å². The molecule has 1 atom stereocenters.